The van der Waals surface area contributed by atoms with E-state index in [1.165, 1.54) is 13.0 Å². The number of hydrogen-bond donors (Lipinski definition) is 4. The maximum atomic E-state index is 12.2. The maximum absolute atomic E-state index is 12.2. The summed E-state index contributed by atoms with van der Waals surface area (Å²) in [5, 5.41) is 29.6. The predicted molar refractivity (Wildman–Crippen MR) is 118 cm³/mol. The summed E-state index contributed by atoms with van der Waals surface area (Å²) in [6.45, 7) is 10.3. The summed E-state index contributed by atoms with van der Waals surface area (Å²) in [7, 11) is 0. The van der Waals surface area contributed by atoms with Gasteiger partial charge in [0.25, 0.3) is 0 Å². The number of anilines is 1. The second-order valence-electron chi connectivity index (χ2n) is 6.78. The Labute approximate surface area is 191 Å². The number of amides is 1. The lowest BCUT2D eigenvalue weighted by molar-refractivity contribution is -0.159. The second-order valence-corrected chi connectivity index (χ2v) is 6.78. The molecule has 12 nitrogen and oxygen atoms in total. The third-order valence-electron chi connectivity index (χ3n) is 4.47. The van der Waals surface area contributed by atoms with E-state index >= 15 is 0 Å². The number of carboxylic acid groups (broad SMARTS) is 4. The fourth-order valence-corrected chi connectivity index (χ4v) is 2.82. The molecule has 1 heterocycles. The van der Waals surface area contributed by atoms with Crippen molar-refractivity contribution < 1.29 is 44.4 Å². The van der Waals surface area contributed by atoms with Crippen LogP contribution in [-0.4, -0.2) is 99.4 Å². The van der Waals surface area contributed by atoms with Gasteiger partial charge >= 0.3 is 23.9 Å². The van der Waals surface area contributed by atoms with Crippen LogP contribution < -0.4 is 4.90 Å². The van der Waals surface area contributed by atoms with E-state index in [9.17, 15) is 4.79 Å². The van der Waals surface area contributed by atoms with Gasteiger partial charge in [-0.3, -0.25) is 14.6 Å². The van der Waals surface area contributed by atoms with Crippen molar-refractivity contribution >= 4 is 35.5 Å². The van der Waals surface area contributed by atoms with Crippen LogP contribution in [-0.2, 0) is 24.0 Å². The molecule has 0 saturated carbocycles. The van der Waals surface area contributed by atoms with Gasteiger partial charge < -0.3 is 25.3 Å². The quantitative estimate of drug-likeness (QED) is 0.432. The molecule has 1 aromatic carbocycles. The van der Waals surface area contributed by atoms with Gasteiger partial charge in [0.05, 0.1) is 6.67 Å². The van der Waals surface area contributed by atoms with Crippen molar-refractivity contribution in [2.75, 3.05) is 44.3 Å². The molecule has 0 aliphatic carbocycles. The van der Waals surface area contributed by atoms with E-state index < -0.39 is 23.9 Å². The topological polar surface area (TPSA) is 176 Å². The number of carbonyl (C=O) groups is 5. The molecular formula is C21H31N3O9. The number of hydrogen-bond acceptors (Lipinski definition) is 7. The summed E-state index contributed by atoms with van der Waals surface area (Å²) in [5.74, 6) is -7.10. The molecule has 0 bridgehead atoms. The third-order valence-corrected chi connectivity index (χ3v) is 4.47. The number of aliphatic carboxylic acids is 4. The fraction of sp³-hybridized carbons (Fsp3) is 0.476. The summed E-state index contributed by atoms with van der Waals surface area (Å²) in [6, 6.07) is 10.0. The smallest absolute Gasteiger partial charge is 0.414 e. The van der Waals surface area contributed by atoms with Gasteiger partial charge in [0.15, 0.2) is 0 Å². The Bertz CT molecular complexity index is 738. The van der Waals surface area contributed by atoms with Gasteiger partial charge in [0.2, 0.25) is 5.91 Å². The Hall–Kier alpha value is -3.51. The first kappa shape index (κ1) is 29.5. The first-order valence-corrected chi connectivity index (χ1v) is 10.3. The zero-order chi connectivity index (χ0) is 25.4. The Morgan fingerprint density at radius 2 is 1.30 bits per heavy atom. The standard InChI is InChI=1S/C17H27N3O.2C2H2O4/c1-3-17(21)20(16-9-6-5-7-10-16)14-13-19-12-8-11-18(4-2)15-19;2*3-1(4)2(5)6/h5-7,9-10H,3-4,8,11-15H2,1-2H3;2*(H,3,4)(H,5,6). The lowest BCUT2D eigenvalue weighted by Gasteiger charge is -2.36. The number of para-hydroxylation sites is 1. The number of carbonyl (C=O) groups excluding carboxylic acids is 1. The summed E-state index contributed by atoms with van der Waals surface area (Å²) >= 11 is 0. The molecule has 12 heteroatoms. The van der Waals surface area contributed by atoms with Crippen molar-refractivity contribution in [3.63, 3.8) is 0 Å². The van der Waals surface area contributed by atoms with Gasteiger partial charge in [-0.2, -0.15) is 0 Å². The van der Waals surface area contributed by atoms with Crippen LogP contribution in [0, 0.1) is 0 Å². The highest BCUT2D eigenvalue weighted by Gasteiger charge is 2.19. The zero-order valence-electron chi connectivity index (χ0n) is 18.7. The minimum Gasteiger partial charge on any atom is -0.473 e. The highest BCUT2D eigenvalue weighted by molar-refractivity contribution is 6.27. The molecule has 33 heavy (non-hydrogen) atoms. The Kier molecular flexibility index (Phi) is 14.4. The van der Waals surface area contributed by atoms with Crippen molar-refractivity contribution in [3.05, 3.63) is 30.3 Å². The predicted octanol–water partition coefficient (Wildman–Crippen LogP) is 0.726. The lowest BCUT2D eigenvalue weighted by Crippen LogP contribution is -2.47. The SMILES string of the molecule is CCC(=O)N(CCN1CCCN(CC)C1)c1ccccc1.O=C(O)C(=O)O.O=C(O)C(=O)O. The second kappa shape index (κ2) is 16.2. The zero-order valence-corrected chi connectivity index (χ0v) is 18.7. The van der Waals surface area contributed by atoms with E-state index in [0.717, 1.165) is 38.5 Å². The average Bonchev–Trinajstić information content (AvgIpc) is 2.80. The molecule has 0 unspecified atom stereocenters. The normalized spacial score (nSPS) is 13.4. The van der Waals surface area contributed by atoms with Gasteiger partial charge in [-0.25, -0.2) is 19.2 Å². The molecule has 1 fully saturated rings. The largest absolute Gasteiger partial charge is 0.473 e. The van der Waals surface area contributed by atoms with E-state index in [1.807, 2.05) is 42.2 Å². The molecule has 1 aromatic rings. The summed E-state index contributed by atoms with van der Waals surface area (Å²) < 4.78 is 0. The lowest BCUT2D eigenvalue weighted by atomic mass is 10.2. The molecule has 4 N–H and O–H groups in total. The van der Waals surface area contributed by atoms with Gasteiger partial charge in [-0.15, -0.1) is 0 Å². The molecule has 0 radical (unpaired) electrons. The van der Waals surface area contributed by atoms with E-state index in [2.05, 4.69) is 16.7 Å². The van der Waals surface area contributed by atoms with E-state index in [4.69, 9.17) is 39.6 Å². The molecule has 0 spiro atoms. The van der Waals surface area contributed by atoms with Crippen LogP contribution in [0.4, 0.5) is 5.69 Å². The van der Waals surface area contributed by atoms with Gasteiger partial charge in [-0.05, 0) is 25.1 Å². The van der Waals surface area contributed by atoms with Crippen LogP contribution in [0.25, 0.3) is 0 Å². The van der Waals surface area contributed by atoms with Crippen LogP contribution in [0.3, 0.4) is 0 Å². The third kappa shape index (κ3) is 12.8. The molecule has 1 amide bonds. The minimum atomic E-state index is -1.82. The monoisotopic (exact) mass is 469 g/mol. The number of nitrogens with zero attached hydrogens (tertiary/aromatic N) is 3. The van der Waals surface area contributed by atoms with Crippen molar-refractivity contribution in [2.45, 2.75) is 26.7 Å². The van der Waals surface area contributed by atoms with Crippen molar-refractivity contribution in [1.82, 2.24) is 9.80 Å². The molecule has 2 rings (SSSR count). The summed E-state index contributed by atoms with van der Waals surface area (Å²) in [6.07, 6.45) is 1.77. The molecule has 1 aliphatic heterocycles. The Morgan fingerprint density at radius 1 is 0.818 bits per heavy atom. The first-order valence-electron chi connectivity index (χ1n) is 10.3. The molecule has 184 valence electrons. The molecule has 0 atom stereocenters. The van der Waals surface area contributed by atoms with E-state index in [-0.39, 0.29) is 5.91 Å². The highest BCUT2D eigenvalue weighted by Crippen LogP contribution is 2.15. The van der Waals surface area contributed by atoms with Crippen LogP contribution in [0.15, 0.2) is 30.3 Å². The first-order chi connectivity index (χ1) is 15.5. The Morgan fingerprint density at radius 3 is 1.73 bits per heavy atom. The van der Waals surface area contributed by atoms with Crippen LogP contribution in [0.2, 0.25) is 0 Å². The van der Waals surface area contributed by atoms with Crippen molar-refractivity contribution in [2.24, 2.45) is 0 Å². The van der Waals surface area contributed by atoms with Gasteiger partial charge in [0.1, 0.15) is 0 Å². The summed E-state index contributed by atoms with van der Waals surface area (Å²) in [4.78, 5) is 55.4. The fourth-order valence-electron chi connectivity index (χ4n) is 2.82. The number of benzene rings is 1. The number of carboxylic acids is 4. The molecule has 1 saturated heterocycles. The van der Waals surface area contributed by atoms with Crippen LogP contribution >= 0.6 is 0 Å². The summed E-state index contributed by atoms with van der Waals surface area (Å²) in [5.41, 5.74) is 1.01. The van der Waals surface area contributed by atoms with Crippen LogP contribution in [0.5, 0.6) is 0 Å². The highest BCUT2D eigenvalue weighted by atomic mass is 16.4. The van der Waals surface area contributed by atoms with Crippen molar-refractivity contribution in [1.29, 1.82) is 0 Å². The Balaban J connectivity index is 0.000000705. The molecule has 0 aromatic heterocycles. The number of rotatable bonds is 6. The average molecular weight is 469 g/mol. The minimum absolute atomic E-state index is 0.200. The van der Waals surface area contributed by atoms with Gasteiger partial charge in [-0.1, -0.05) is 32.0 Å². The van der Waals surface area contributed by atoms with Crippen LogP contribution in [0.1, 0.15) is 26.7 Å². The van der Waals surface area contributed by atoms with E-state index in [1.54, 1.807) is 0 Å². The molecule has 1 aliphatic rings. The van der Waals surface area contributed by atoms with E-state index in [0.29, 0.717) is 6.42 Å². The van der Waals surface area contributed by atoms with Crippen molar-refractivity contribution in [3.8, 4) is 0 Å². The van der Waals surface area contributed by atoms with Gasteiger partial charge in [0, 0.05) is 38.3 Å². The molecular weight excluding hydrogens is 438 g/mol. The maximum Gasteiger partial charge on any atom is 0.414 e.